The topological polar surface area (TPSA) is 71.1 Å². The maximum atomic E-state index is 8.76. The van der Waals surface area contributed by atoms with Crippen molar-refractivity contribution in [2.45, 2.75) is 18.9 Å². The largest absolute Gasteiger partial charge is 0.398 e. The van der Waals surface area contributed by atoms with Crippen molar-refractivity contribution in [1.29, 1.82) is 5.26 Å². The molecule has 0 aliphatic carbocycles. The van der Waals surface area contributed by atoms with Gasteiger partial charge in [0.2, 0.25) is 0 Å². The van der Waals surface area contributed by atoms with Crippen LogP contribution in [0.15, 0.2) is 18.2 Å². The van der Waals surface area contributed by atoms with Crippen LogP contribution in [-0.4, -0.2) is 19.3 Å². The maximum absolute atomic E-state index is 8.76. The van der Waals surface area contributed by atoms with Crippen LogP contribution in [-0.2, 0) is 4.74 Å². The van der Waals surface area contributed by atoms with Crippen LogP contribution in [0.2, 0.25) is 0 Å². The predicted molar refractivity (Wildman–Crippen MR) is 63.0 cm³/mol. The third kappa shape index (κ3) is 2.44. The van der Waals surface area contributed by atoms with Crippen molar-refractivity contribution < 1.29 is 4.74 Å². The Balaban J connectivity index is 2.04. The van der Waals surface area contributed by atoms with Gasteiger partial charge in [0.1, 0.15) is 6.07 Å². The fraction of sp³-hybridized carbons (Fsp3) is 0.417. The lowest BCUT2D eigenvalue weighted by molar-refractivity contribution is 0.0876. The van der Waals surface area contributed by atoms with Gasteiger partial charge in [0.15, 0.2) is 0 Å². The zero-order chi connectivity index (χ0) is 11.4. The summed E-state index contributed by atoms with van der Waals surface area (Å²) in [7, 11) is 0. The summed E-state index contributed by atoms with van der Waals surface area (Å²) in [5, 5.41) is 12.1. The van der Waals surface area contributed by atoms with E-state index in [-0.39, 0.29) is 0 Å². The van der Waals surface area contributed by atoms with Crippen molar-refractivity contribution in [1.82, 2.24) is 0 Å². The summed E-state index contributed by atoms with van der Waals surface area (Å²) >= 11 is 0. The number of anilines is 2. The lowest BCUT2D eigenvalue weighted by Gasteiger charge is -2.24. The molecular formula is C12H15N3O. The van der Waals surface area contributed by atoms with E-state index in [1.807, 2.05) is 12.1 Å². The number of nitrogen functional groups attached to an aromatic ring is 1. The lowest BCUT2D eigenvalue weighted by Crippen LogP contribution is -2.29. The monoisotopic (exact) mass is 217 g/mol. The van der Waals surface area contributed by atoms with E-state index in [0.717, 1.165) is 31.7 Å². The van der Waals surface area contributed by atoms with Crippen molar-refractivity contribution in [3.63, 3.8) is 0 Å². The predicted octanol–water partition coefficient (Wildman–Crippen LogP) is 1.73. The van der Waals surface area contributed by atoms with Gasteiger partial charge >= 0.3 is 0 Å². The number of hydrogen-bond acceptors (Lipinski definition) is 4. The lowest BCUT2D eigenvalue weighted by atomic mass is 10.1. The minimum atomic E-state index is 0.348. The first kappa shape index (κ1) is 10.8. The molecule has 16 heavy (non-hydrogen) atoms. The second-order valence-electron chi connectivity index (χ2n) is 3.97. The Hall–Kier alpha value is -1.73. The number of nitrogens with zero attached hydrogens (tertiary/aromatic N) is 1. The van der Waals surface area contributed by atoms with Gasteiger partial charge in [-0.3, -0.25) is 0 Å². The molecule has 3 N–H and O–H groups in total. The number of nitrogens with two attached hydrogens (primary N) is 1. The first-order valence-electron chi connectivity index (χ1n) is 5.43. The third-order valence-electron chi connectivity index (χ3n) is 2.70. The van der Waals surface area contributed by atoms with Crippen molar-refractivity contribution in [2.24, 2.45) is 0 Å². The fourth-order valence-electron chi connectivity index (χ4n) is 1.84. The van der Waals surface area contributed by atoms with Gasteiger partial charge in [-0.1, -0.05) is 0 Å². The van der Waals surface area contributed by atoms with Crippen molar-refractivity contribution in [3.8, 4) is 6.07 Å². The smallest absolute Gasteiger partial charge is 0.101 e. The molecule has 0 saturated carbocycles. The van der Waals surface area contributed by atoms with Crippen LogP contribution in [0, 0.1) is 11.3 Å². The minimum Gasteiger partial charge on any atom is -0.398 e. The second-order valence-corrected chi connectivity index (χ2v) is 3.97. The van der Waals surface area contributed by atoms with Crippen LogP contribution in [0.4, 0.5) is 11.4 Å². The standard InChI is InChI=1S/C12H15N3O/c13-7-9-3-4-10(6-12(9)14)15-11-2-1-5-16-8-11/h3-4,6,11,15H,1-2,5,8,14H2. The van der Waals surface area contributed by atoms with Crippen molar-refractivity contribution in [3.05, 3.63) is 23.8 Å². The molecule has 0 bridgehead atoms. The molecule has 0 spiro atoms. The number of nitrogens with one attached hydrogen (secondary N) is 1. The summed E-state index contributed by atoms with van der Waals surface area (Å²) in [5.74, 6) is 0. The Morgan fingerprint density at radius 1 is 1.50 bits per heavy atom. The summed E-state index contributed by atoms with van der Waals surface area (Å²) in [4.78, 5) is 0. The number of nitriles is 1. The van der Waals surface area contributed by atoms with Crippen LogP contribution in [0.3, 0.4) is 0 Å². The quantitative estimate of drug-likeness (QED) is 0.740. The van der Waals surface area contributed by atoms with Crippen LogP contribution in [0.5, 0.6) is 0 Å². The average molecular weight is 217 g/mol. The van der Waals surface area contributed by atoms with Crippen molar-refractivity contribution in [2.75, 3.05) is 24.3 Å². The molecule has 1 aliphatic rings. The fourth-order valence-corrected chi connectivity index (χ4v) is 1.84. The molecule has 1 aromatic carbocycles. The summed E-state index contributed by atoms with van der Waals surface area (Å²) in [6, 6.07) is 7.81. The minimum absolute atomic E-state index is 0.348. The number of rotatable bonds is 2. The van der Waals surface area contributed by atoms with Gasteiger partial charge in [-0.2, -0.15) is 5.26 Å². The molecule has 1 aromatic rings. The zero-order valence-electron chi connectivity index (χ0n) is 9.07. The number of ether oxygens (including phenoxy) is 1. The first-order chi connectivity index (χ1) is 7.79. The van der Waals surface area contributed by atoms with Gasteiger partial charge in [-0.15, -0.1) is 0 Å². The van der Waals surface area contributed by atoms with E-state index in [1.54, 1.807) is 12.1 Å². The van der Waals surface area contributed by atoms with Crippen LogP contribution < -0.4 is 11.1 Å². The molecule has 4 heteroatoms. The Morgan fingerprint density at radius 3 is 3.00 bits per heavy atom. The van der Waals surface area contributed by atoms with E-state index in [4.69, 9.17) is 15.7 Å². The van der Waals surface area contributed by atoms with Gasteiger partial charge in [0, 0.05) is 18.3 Å². The zero-order valence-corrected chi connectivity index (χ0v) is 9.07. The molecule has 0 amide bonds. The highest BCUT2D eigenvalue weighted by Gasteiger charge is 2.13. The van der Waals surface area contributed by atoms with E-state index in [2.05, 4.69) is 5.32 Å². The maximum Gasteiger partial charge on any atom is 0.101 e. The molecule has 2 rings (SSSR count). The van der Waals surface area contributed by atoms with E-state index in [1.165, 1.54) is 0 Å². The molecule has 1 aliphatic heterocycles. The first-order valence-corrected chi connectivity index (χ1v) is 5.43. The Morgan fingerprint density at radius 2 is 2.38 bits per heavy atom. The Bertz CT molecular complexity index is 405. The van der Waals surface area contributed by atoms with E-state index >= 15 is 0 Å². The van der Waals surface area contributed by atoms with Gasteiger partial charge in [-0.05, 0) is 31.0 Å². The number of benzene rings is 1. The van der Waals surface area contributed by atoms with Gasteiger partial charge in [0.25, 0.3) is 0 Å². The second kappa shape index (κ2) is 4.86. The average Bonchev–Trinajstić information content (AvgIpc) is 2.31. The SMILES string of the molecule is N#Cc1ccc(NC2CCCOC2)cc1N. The highest BCUT2D eigenvalue weighted by molar-refractivity contribution is 5.62. The Kier molecular flexibility index (Phi) is 3.28. The molecule has 4 nitrogen and oxygen atoms in total. The highest BCUT2D eigenvalue weighted by atomic mass is 16.5. The molecule has 1 unspecified atom stereocenters. The van der Waals surface area contributed by atoms with Gasteiger partial charge in [0.05, 0.1) is 17.9 Å². The molecule has 1 atom stereocenters. The molecule has 1 fully saturated rings. The number of hydrogen-bond donors (Lipinski definition) is 2. The van der Waals surface area contributed by atoms with Gasteiger partial charge in [-0.25, -0.2) is 0 Å². The molecular weight excluding hydrogens is 202 g/mol. The van der Waals surface area contributed by atoms with Crippen molar-refractivity contribution >= 4 is 11.4 Å². The van der Waals surface area contributed by atoms with Crippen LogP contribution >= 0.6 is 0 Å². The summed E-state index contributed by atoms with van der Waals surface area (Å²) in [6.07, 6.45) is 2.20. The third-order valence-corrected chi connectivity index (χ3v) is 2.70. The summed E-state index contributed by atoms with van der Waals surface area (Å²) in [6.45, 7) is 1.59. The molecule has 0 aromatic heterocycles. The summed E-state index contributed by atoms with van der Waals surface area (Å²) in [5.41, 5.74) is 7.73. The molecule has 1 heterocycles. The van der Waals surface area contributed by atoms with Gasteiger partial charge < -0.3 is 15.8 Å². The Labute approximate surface area is 95.0 Å². The van der Waals surface area contributed by atoms with E-state index in [0.29, 0.717) is 17.3 Å². The van der Waals surface area contributed by atoms with E-state index < -0.39 is 0 Å². The molecule has 84 valence electrons. The molecule has 1 saturated heterocycles. The summed E-state index contributed by atoms with van der Waals surface area (Å²) < 4.78 is 5.38. The molecule has 0 radical (unpaired) electrons. The van der Waals surface area contributed by atoms with Crippen LogP contribution in [0.25, 0.3) is 0 Å². The highest BCUT2D eigenvalue weighted by Crippen LogP contribution is 2.19. The normalized spacial score (nSPS) is 20.1. The van der Waals surface area contributed by atoms with Crippen LogP contribution in [0.1, 0.15) is 18.4 Å². The van der Waals surface area contributed by atoms with E-state index in [9.17, 15) is 0 Å².